The normalized spacial score (nSPS) is 26.2. The smallest absolute Gasteiger partial charge is 0.253 e. The number of aliphatic hydroxyl groups excluding tert-OH is 2. The Labute approximate surface area is 149 Å². The maximum Gasteiger partial charge on any atom is 0.253 e. The van der Waals surface area contributed by atoms with Crippen LogP contribution >= 0.6 is 0 Å². The molecule has 0 radical (unpaired) electrons. The van der Waals surface area contributed by atoms with E-state index in [-0.39, 0.29) is 18.4 Å². The van der Waals surface area contributed by atoms with E-state index in [9.17, 15) is 15.0 Å². The topological polar surface area (TPSA) is 73.2 Å². The van der Waals surface area contributed by atoms with Gasteiger partial charge in [-0.05, 0) is 43.5 Å². The molecule has 1 aromatic rings. The van der Waals surface area contributed by atoms with Crippen LogP contribution in [0.5, 0.6) is 0 Å². The standard InChI is InChI=1S/C19H28N2O4/c1-3-21(10-15-11-25-12-17(22)18(15)23)19(24)14-6-7-16-13(9-14)5-4-8-20(16)2/h6-7,9,15,17-18,22-23H,3-5,8,10-12H2,1-2H3/t15-,17-,18+/m1/s1. The molecule has 0 unspecified atom stereocenters. The van der Waals surface area contributed by atoms with Crippen LogP contribution in [0.15, 0.2) is 18.2 Å². The molecular formula is C19H28N2O4. The quantitative estimate of drug-likeness (QED) is 0.846. The molecule has 0 bridgehead atoms. The number of nitrogens with zero attached hydrogens (tertiary/aromatic N) is 2. The summed E-state index contributed by atoms with van der Waals surface area (Å²) in [5.41, 5.74) is 3.10. The first kappa shape index (κ1) is 18.2. The van der Waals surface area contributed by atoms with Crippen molar-refractivity contribution in [3.05, 3.63) is 29.3 Å². The van der Waals surface area contributed by atoms with E-state index in [0.29, 0.717) is 25.3 Å². The zero-order chi connectivity index (χ0) is 18.0. The number of ether oxygens (including phenoxy) is 1. The third kappa shape index (κ3) is 3.81. The fourth-order valence-electron chi connectivity index (χ4n) is 3.75. The molecule has 3 rings (SSSR count). The highest BCUT2D eigenvalue weighted by molar-refractivity contribution is 5.95. The fraction of sp³-hybridized carbons (Fsp3) is 0.632. The van der Waals surface area contributed by atoms with Crippen molar-refractivity contribution in [2.75, 3.05) is 44.8 Å². The second-order valence-electron chi connectivity index (χ2n) is 7.07. The van der Waals surface area contributed by atoms with Crippen molar-refractivity contribution in [3.8, 4) is 0 Å². The summed E-state index contributed by atoms with van der Waals surface area (Å²) in [6.07, 6.45) is 0.357. The van der Waals surface area contributed by atoms with Crippen molar-refractivity contribution in [1.29, 1.82) is 0 Å². The number of benzene rings is 1. The molecule has 0 aromatic heterocycles. The molecule has 0 aliphatic carbocycles. The fourth-order valence-corrected chi connectivity index (χ4v) is 3.75. The van der Waals surface area contributed by atoms with Gasteiger partial charge in [-0.15, -0.1) is 0 Å². The first-order valence-electron chi connectivity index (χ1n) is 9.08. The molecule has 6 heteroatoms. The Kier molecular flexibility index (Phi) is 5.61. The van der Waals surface area contributed by atoms with E-state index in [4.69, 9.17) is 4.74 Å². The number of carbonyl (C=O) groups excluding carboxylic acids is 1. The van der Waals surface area contributed by atoms with Crippen LogP contribution in [0, 0.1) is 5.92 Å². The number of hydrogen-bond donors (Lipinski definition) is 2. The van der Waals surface area contributed by atoms with Crippen molar-refractivity contribution in [2.24, 2.45) is 5.92 Å². The SMILES string of the molecule is CCN(C[C@@H]1COC[C@@H](O)[C@H]1O)C(=O)c1ccc2c(c1)CCCN2C. The van der Waals surface area contributed by atoms with Gasteiger partial charge in [0.15, 0.2) is 0 Å². The Morgan fingerprint density at radius 1 is 1.36 bits per heavy atom. The van der Waals surface area contributed by atoms with Gasteiger partial charge in [0.25, 0.3) is 5.91 Å². The van der Waals surface area contributed by atoms with Gasteiger partial charge < -0.3 is 24.7 Å². The number of amides is 1. The summed E-state index contributed by atoms with van der Waals surface area (Å²) >= 11 is 0. The van der Waals surface area contributed by atoms with Gasteiger partial charge in [0.05, 0.1) is 19.3 Å². The van der Waals surface area contributed by atoms with Gasteiger partial charge in [0, 0.05) is 43.9 Å². The van der Waals surface area contributed by atoms with E-state index in [1.807, 2.05) is 25.1 Å². The summed E-state index contributed by atoms with van der Waals surface area (Å²) in [6, 6.07) is 5.91. The Hall–Kier alpha value is -1.63. The molecule has 2 aliphatic rings. The van der Waals surface area contributed by atoms with Crippen molar-refractivity contribution in [3.63, 3.8) is 0 Å². The average Bonchev–Trinajstić information content (AvgIpc) is 2.62. The van der Waals surface area contributed by atoms with Crippen LogP contribution in [0.1, 0.15) is 29.3 Å². The minimum Gasteiger partial charge on any atom is -0.390 e. The van der Waals surface area contributed by atoms with Gasteiger partial charge in [-0.2, -0.15) is 0 Å². The molecule has 1 fully saturated rings. The molecule has 1 amide bonds. The maximum atomic E-state index is 12.9. The Morgan fingerprint density at radius 3 is 2.92 bits per heavy atom. The molecule has 0 spiro atoms. The Morgan fingerprint density at radius 2 is 2.16 bits per heavy atom. The lowest BCUT2D eigenvalue weighted by Crippen LogP contribution is -2.49. The lowest BCUT2D eigenvalue weighted by Gasteiger charge is -2.35. The van der Waals surface area contributed by atoms with Gasteiger partial charge in [0.2, 0.25) is 0 Å². The average molecular weight is 348 g/mol. The van der Waals surface area contributed by atoms with Gasteiger partial charge in [0.1, 0.15) is 6.10 Å². The molecule has 2 heterocycles. The summed E-state index contributed by atoms with van der Waals surface area (Å²) in [7, 11) is 2.08. The first-order chi connectivity index (χ1) is 12.0. The molecule has 25 heavy (non-hydrogen) atoms. The minimum absolute atomic E-state index is 0.0363. The largest absolute Gasteiger partial charge is 0.390 e. The van der Waals surface area contributed by atoms with Crippen LogP contribution in [0.3, 0.4) is 0 Å². The second-order valence-corrected chi connectivity index (χ2v) is 7.07. The molecule has 2 N–H and O–H groups in total. The van der Waals surface area contributed by atoms with Gasteiger partial charge in [-0.1, -0.05) is 0 Å². The number of fused-ring (bicyclic) bond motifs is 1. The molecule has 0 saturated carbocycles. The van der Waals surface area contributed by atoms with Gasteiger partial charge >= 0.3 is 0 Å². The predicted octanol–water partition coefficient (Wildman–Crippen LogP) is 0.899. The number of rotatable bonds is 4. The Bertz CT molecular complexity index is 621. The van der Waals surface area contributed by atoms with Crippen LogP contribution in [0.4, 0.5) is 5.69 Å². The first-order valence-corrected chi connectivity index (χ1v) is 9.08. The molecule has 1 aromatic carbocycles. The number of aliphatic hydroxyl groups is 2. The third-order valence-electron chi connectivity index (χ3n) is 5.30. The summed E-state index contributed by atoms with van der Waals surface area (Å²) in [6.45, 7) is 4.41. The lowest BCUT2D eigenvalue weighted by molar-refractivity contribution is -0.123. The predicted molar refractivity (Wildman–Crippen MR) is 95.9 cm³/mol. The van der Waals surface area contributed by atoms with Crippen LogP contribution < -0.4 is 4.90 Å². The van der Waals surface area contributed by atoms with Gasteiger partial charge in [-0.3, -0.25) is 4.79 Å². The lowest BCUT2D eigenvalue weighted by atomic mass is 9.95. The molecule has 2 aliphatic heterocycles. The highest BCUT2D eigenvalue weighted by Crippen LogP contribution is 2.27. The number of carbonyl (C=O) groups is 1. The van der Waals surface area contributed by atoms with E-state index in [1.165, 1.54) is 11.3 Å². The third-order valence-corrected chi connectivity index (χ3v) is 5.30. The highest BCUT2D eigenvalue weighted by Gasteiger charge is 2.33. The van der Waals surface area contributed by atoms with Crippen LogP contribution in [0.2, 0.25) is 0 Å². The van der Waals surface area contributed by atoms with Crippen molar-refractivity contribution >= 4 is 11.6 Å². The molecule has 3 atom stereocenters. The molecule has 6 nitrogen and oxygen atoms in total. The van der Waals surface area contributed by atoms with Crippen molar-refractivity contribution in [2.45, 2.75) is 32.0 Å². The highest BCUT2D eigenvalue weighted by atomic mass is 16.5. The van der Waals surface area contributed by atoms with Crippen molar-refractivity contribution in [1.82, 2.24) is 4.90 Å². The zero-order valence-electron chi connectivity index (χ0n) is 15.0. The number of aryl methyl sites for hydroxylation is 1. The van der Waals surface area contributed by atoms with Crippen molar-refractivity contribution < 1.29 is 19.7 Å². The molecular weight excluding hydrogens is 320 g/mol. The van der Waals surface area contributed by atoms with E-state index in [2.05, 4.69) is 11.9 Å². The van der Waals surface area contributed by atoms with Gasteiger partial charge in [-0.25, -0.2) is 0 Å². The van der Waals surface area contributed by atoms with Crippen LogP contribution in [-0.4, -0.2) is 73.1 Å². The van der Waals surface area contributed by atoms with Crippen LogP contribution in [-0.2, 0) is 11.2 Å². The van der Waals surface area contributed by atoms with Crippen LogP contribution in [0.25, 0.3) is 0 Å². The Balaban J connectivity index is 1.74. The summed E-state index contributed by atoms with van der Waals surface area (Å²) in [5, 5.41) is 19.9. The van der Waals surface area contributed by atoms with E-state index >= 15 is 0 Å². The van der Waals surface area contributed by atoms with E-state index in [0.717, 1.165) is 19.4 Å². The summed E-state index contributed by atoms with van der Waals surface area (Å²) in [4.78, 5) is 16.9. The summed E-state index contributed by atoms with van der Waals surface area (Å²) in [5.74, 6) is -0.304. The number of hydrogen-bond acceptors (Lipinski definition) is 5. The second kappa shape index (κ2) is 7.72. The molecule has 1 saturated heterocycles. The zero-order valence-corrected chi connectivity index (χ0v) is 15.0. The monoisotopic (exact) mass is 348 g/mol. The van der Waals surface area contributed by atoms with E-state index in [1.54, 1.807) is 4.90 Å². The maximum absolute atomic E-state index is 12.9. The number of anilines is 1. The minimum atomic E-state index is -0.883. The molecule has 138 valence electrons. The summed E-state index contributed by atoms with van der Waals surface area (Å²) < 4.78 is 5.33. The van der Waals surface area contributed by atoms with E-state index < -0.39 is 12.2 Å².